The number of rotatable bonds is 9. The normalized spacial score (nSPS) is 13.1. The van der Waals surface area contributed by atoms with Crippen LogP contribution in [0.15, 0.2) is 0 Å². The number of nitrogens with one attached hydrogen (secondary N) is 1. The minimum atomic E-state index is -1.22. The van der Waals surface area contributed by atoms with Crippen molar-refractivity contribution < 1.29 is 14.7 Å². The second-order valence-electron chi connectivity index (χ2n) is 5.94. The fourth-order valence-electron chi connectivity index (χ4n) is 1.94. The van der Waals surface area contributed by atoms with Crippen LogP contribution >= 0.6 is 0 Å². The molecule has 0 saturated heterocycles. The first kappa shape index (κ1) is 19.7. The molecule has 0 radical (unpaired) electrons. The van der Waals surface area contributed by atoms with Crippen molar-refractivity contribution in [2.24, 2.45) is 0 Å². The van der Waals surface area contributed by atoms with E-state index in [4.69, 9.17) is 5.11 Å². The number of hydrogen-bond donors (Lipinski definition) is 2. The molecule has 6 nitrogen and oxygen atoms in total. The molecule has 0 aliphatic rings. The fourth-order valence-corrected chi connectivity index (χ4v) is 1.94. The maximum atomic E-state index is 12.1. The summed E-state index contributed by atoms with van der Waals surface area (Å²) in [4.78, 5) is 26.8. The average molecular weight is 301 g/mol. The van der Waals surface area contributed by atoms with E-state index >= 15 is 0 Å². The van der Waals surface area contributed by atoms with Gasteiger partial charge in [0.1, 0.15) is 5.54 Å². The molecular weight excluding hydrogens is 270 g/mol. The molecule has 6 heteroatoms. The molecule has 1 unspecified atom stereocenters. The van der Waals surface area contributed by atoms with Gasteiger partial charge in [-0.15, -0.1) is 0 Å². The first-order valence-electron chi connectivity index (χ1n) is 7.66. The van der Waals surface area contributed by atoms with Crippen molar-refractivity contribution in [2.45, 2.75) is 59.0 Å². The topological polar surface area (TPSA) is 72.9 Å². The van der Waals surface area contributed by atoms with Crippen LogP contribution in [0, 0.1) is 0 Å². The number of amides is 2. The quantitative estimate of drug-likeness (QED) is 0.683. The van der Waals surface area contributed by atoms with E-state index in [1.807, 2.05) is 6.92 Å². The van der Waals surface area contributed by atoms with E-state index in [1.54, 1.807) is 0 Å². The Balaban J connectivity index is 4.24. The van der Waals surface area contributed by atoms with Crippen LogP contribution in [-0.2, 0) is 4.79 Å². The van der Waals surface area contributed by atoms with Gasteiger partial charge in [0.15, 0.2) is 0 Å². The summed E-state index contributed by atoms with van der Waals surface area (Å²) >= 11 is 0. The van der Waals surface area contributed by atoms with Gasteiger partial charge in [-0.3, -0.25) is 0 Å². The molecule has 0 rings (SSSR count). The summed E-state index contributed by atoms with van der Waals surface area (Å²) in [6.07, 6.45) is 1.89. The first-order chi connectivity index (χ1) is 9.66. The van der Waals surface area contributed by atoms with Gasteiger partial charge in [-0.1, -0.05) is 13.8 Å². The Morgan fingerprint density at radius 1 is 1.24 bits per heavy atom. The Hall–Kier alpha value is -1.30. The number of likely N-dealkylation sites (N-methyl/N-ethyl adjacent to an activating group) is 1. The maximum Gasteiger partial charge on any atom is 0.329 e. The SMILES string of the molecule is CCN(CC)CCCC(C)NC(=O)N(C)C(C)(C)C(=O)O. The molecule has 2 amide bonds. The number of carboxylic acid groups (broad SMARTS) is 1. The Kier molecular flexibility index (Phi) is 8.32. The predicted molar refractivity (Wildman–Crippen MR) is 84.5 cm³/mol. The molecule has 21 heavy (non-hydrogen) atoms. The van der Waals surface area contributed by atoms with Gasteiger partial charge in [0.2, 0.25) is 0 Å². The lowest BCUT2D eigenvalue weighted by molar-refractivity contribution is -0.146. The highest BCUT2D eigenvalue weighted by atomic mass is 16.4. The van der Waals surface area contributed by atoms with Gasteiger partial charge in [0, 0.05) is 13.1 Å². The number of carbonyl (C=O) groups excluding carboxylic acids is 1. The number of hydrogen-bond acceptors (Lipinski definition) is 3. The second kappa shape index (κ2) is 8.87. The fraction of sp³-hybridized carbons (Fsp3) is 0.867. The summed E-state index contributed by atoms with van der Waals surface area (Å²) in [5, 5.41) is 12.0. The van der Waals surface area contributed by atoms with Crippen molar-refractivity contribution in [1.82, 2.24) is 15.1 Å². The summed E-state index contributed by atoms with van der Waals surface area (Å²) in [7, 11) is 1.51. The van der Waals surface area contributed by atoms with E-state index in [2.05, 4.69) is 24.1 Å². The van der Waals surface area contributed by atoms with Crippen LogP contribution < -0.4 is 5.32 Å². The molecule has 0 spiro atoms. The molecule has 0 aromatic carbocycles. The number of aliphatic carboxylic acids is 1. The molecule has 0 aromatic rings. The number of carbonyl (C=O) groups is 2. The zero-order chi connectivity index (χ0) is 16.6. The van der Waals surface area contributed by atoms with Crippen LogP contribution in [0.5, 0.6) is 0 Å². The monoisotopic (exact) mass is 301 g/mol. The van der Waals surface area contributed by atoms with Gasteiger partial charge in [0.25, 0.3) is 0 Å². The molecule has 0 heterocycles. The number of urea groups is 1. The van der Waals surface area contributed by atoms with Crippen molar-refractivity contribution >= 4 is 12.0 Å². The average Bonchev–Trinajstić information content (AvgIpc) is 2.42. The minimum absolute atomic E-state index is 0.0279. The predicted octanol–water partition coefficient (Wildman–Crippen LogP) is 2.00. The van der Waals surface area contributed by atoms with Gasteiger partial charge < -0.3 is 20.2 Å². The van der Waals surface area contributed by atoms with Gasteiger partial charge in [-0.2, -0.15) is 0 Å². The summed E-state index contributed by atoms with van der Waals surface area (Å²) in [6.45, 7) is 12.3. The molecular formula is C15H31N3O3. The van der Waals surface area contributed by atoms with Gasteiger partial charge in [-0.25, -0.2) is 9.59 Å². The molecule has 1 atom stereocenters. The number of carboxylic acids is 1. The molecule has 0 saturated carbocycles. The zero-order valence-electron chi connectivity index (χ0n) is 14.3. The van der Waals surface area contributed by atoms with Crippen molar-refractivity contribution in [1.29, 1.82) is 0 Å². The lowest BCUT2D eigenvalue weighted by Crippen LogP contribution is -2.55. The summed E-state index contributed by atoms with van der Waals surface area (Å²) < 4.78 is 0. The Labute approximate surface area is 128 Å². The highest BCUT2D eigenvalue weighted by Crippen LogP contribution is 2.13. The Morgan fingerprint density at radius 3 is 2.19 bits per heavy atom. The third kappa shape index (κ3) is 6.33. The Bertz CT molecular complexity index is 341. The molecule has 2 N–H and O–H groups in total. The van der Waals surface area contributed by atoms with Crippen molar-refractivity contribution in [3.63, 3.8) is 0 Å². The largest absolute Gasteiger partial charge is 0.480 e. The lowest BCUT2D eigenvalue weighted by Gasteiger charge is -2.32. The van der Waals surface area contributed by atoms with Crippen molar-refractivity contribution in [2.75, 3.05) is 26.7 Å². The third-order valence-electron chi connectivity index (χ3n) is 4.04. The molecule has 0 aliphatic carbocycles. The highest BCUT2D eigenvalue weighted by molar-refractivity contribution is 5.85. The van der Waals surface area contributed by atoms with Crippen LogP contribution in [0.2, 0.25) is 0 Å². The van der Waals surface area contributed by atoms with E-state index in [0.717, 1.165) is 32.5 Å². The molecule has 0 bridgehead atoms. The van der Waals surface area contributed by atoms with Gasteiger partial charge >= 0.3 is 12.0 Å². The lowest BCUT2D eigenvalue weighted by atomic mass is 10.0. The Morgan fingerprint density at radius 2 is 1.76 bits per heavy atom. The van der Waals surface area contributed by atoms with Crippen molar-refractivity contribution in [3.05, 3.63) is 0 Å². The molecule has 124 valence electrons. The maximum absolute atomic E-state index is 12.1. The van der Waals surface area contributed by atoms with E-state index in [1.165, 1.54) is 25.8 Å². The highest BCUT2D eigenvalue weighted by Gasteiger charge is 2.35. The third-order valence-corrected chi connectivity index (χ3v) is 4.04. The standard InChI is InChI=1S/C15H31N3O3/c1-7-18(8-2)11-9-10-12(3)16-14(21)17(6)15(4,5)13(19)20/h12H,7-11H2,1-6H3,(H,16,21)(H,19,20). The molecule has 0 aromatic heterocycles. The summed E-state index contributed by atoms with van der Waals surface area (Å²) in [6, 6.07) is -0.321. The van der Waals surface area contributed by atoms with Crippen LogP contribution in [-0.4, -0.2) is 65.2 Å². The molecule has 0 fully saturated rings. The second-order valence-corrected chi connectivity index (χ2v) is 5.94. The van der Waals surface area contributed by atoms with E-state index in [0.29, 0.717) is 0 Å². The van der Waals surface area contributed by atoms with E-state index in [-0.39, 0.29) is 12.1 Å². The van der Waals surface area contributed by atoms with Gasteiger partial charge in [0.05, 0.1) is 0 Å². The summed E-state index contributed by atoms with van der Waals surface area (Å²) in [5.41, 5.74) is -1.22. The smallest absolute Gasteiger partial charge is 0.329 e. The van der Waals surface area contributed by atoms with Crippen LogP contribution in [0.1, 0.15) is 47.5 Å². The zero-order valence-corrected chi connectivity index (χ0v) is 14.3. The minimum Gasteiger partial charge on any atom is -0.480 e. The van der Waals surface area contributed by atoms with Gasteiger partial charge in [-0.05, 0) is 53.2 Å². The van der Waals surface area contributed by atoms with Crippen molar-refractivity contribution in [3.8, 4) is 0 Å². The first-order valence-corrected chi connectivity index (χ1v) is 7.66. The van der Waals surface area contributed by atoms with Crippen LogP contribution in [0.25, 0.3) is 0 Å². The van der Waals surface area contributed by atoms with E-state index in [9.17, 15) is 9.59 Å². The number of nitrogens with zero attached hydrogens (tertiary/aromatic N) is 2. The van der Waals surface area contributed by atoms with Crippen LogP contribution in [0.3, 0.4) is 0 Å². The van der Waals surface area contributed by atoms with Crippen LogP contribution in [0.4, 0.5) is 4.79 Å². The molecule has 0 aliphatic heterocycles. The van der Waals surface area contributed by atoms with E-state index < -0.39 is 11.5 Å². The summed E-state index contributed by atoms with van der Waals surface area (Å²) in [5.74, 6) is -1.02.